The molecule has 1 heterocycles. The molecule has 0 unspecified atom stereocenters. The van der Waals surface area contributed by atoms with Crippen LogP contribution in [0.15, 0.2) is 24.3 Å². The first-order chi connectivity index (χ1) is 10.7. The number of nitrogens with one attached hydrogen (secondary N) is 1. The van der Waals surface area contributed by atoms with E-state index < -0.39 is 0 Å². The van der Waals surface area contributed by atoms with Crippen molar-refractivity contribution < 1.29 is 13.9 Å². The van der Waals surface area contributed by atoms with Crippen molar-refractivity contribution >= 4 is 5.91 Å². The second kappa shape index (κ2) is 7.20. The third kappa shape index (κ3) is 3.65. The largest absolute Gasteiger partial charge is 0.378 e. The van der Waals surface area contributed by atoms with Gasteiger partial charge in [0.1, 0.15) is 5.82 Å². The number of hydrogen-bond donors (Lipinski definition) is 1. The number of rotatable bonds is 5. The summed E-state index contributed by atoms with van der Waals surface area (Å²) in [6.07, 6.45) is 3.57. The second-order valence-electron chi connectivity index (χ2n) is 6.09. The maximum Gasteiger partial charge on any atom is 0.236 e. The molecule has 5 heteroatoms. The Morgan fingerprint density at radius 2 is 1.95 bits per heavy atom. The topological polar surface area (TPSA) is 41.6 Å². The van der Waals surface area contributed by atoms with Gasteiger partial charge >= 0.3 is 0 Å². The van der Waals surface area contributed by atoms with Gasteiger partial charge in [0.25, 0.3) is 0 Å². The summed E-state index contributed by atoms with van der Waals surface area (Å²) >= 11 is 0. The van der Waals surface area contributed by atoms with Crippen LogP contribution in [0.1, 0.15) is 30.9 Å². The van der Waals surface area contributed by atoms with E-state index in [0.717, 1.165) is 5.56 Å². The first kappa shape index (κ1) is 15.4. The smallest absolute Gasteiger partial charge is 0.236 e. The van der Waals surface area contributed by atoms with E-state index in [1.165, 1.54) is 31.4 Å². The summed E-state index contributed by atoms with van der Waals surface area (Å²) in [6, 6.07) is 6.77. The minimum absolute atomic E-state index is 0.120. The van der Waals surface area contributed by atoms with Gasteiger partial charge < -0.3 is 15.0 Å². The number of nitrogens with zero attached hydrogens (tertiary/aromatic N) is 1. The van der Waals surface area contributed by atoms with Gasteiger partial charge in [-0.15, -0.1) is 0 Å². The molecule has 1 aromatic rings. The Balaban J connectivity index is 1.60. The molecule has 1 N–H and O–H groups in total. The van der Waals surface area contributed by atoms with E-state index in [-0.39, 0.29) is 17.8 Å². The summed E-state index contributed by atoms with van der Waals surface area (Å²) in [7, 11) is 0. The van der Waals surface area contributed by atoms with Crippen molar-refractivity contribution in [2.24, 2.45) is 5.92 Å². The lowest BCUT2D eigenvalue weighted by atomic mass is 9.77. The molecule has 1 saturated carbocycles. The predicted octanol–water partition coefficient (Wildman–Crippen LogP) is 2.12. The zero-order valence-electron chi connectivity index (χ0n) is 12.8. The van der Waals surface area contributed by atoms with Crippen LogP contribution in [0.3, 0.4) is 0 Å². The van der Waals surface area contributed by atoms with Crippen molar-refractivity contribution in [3.63, 3.8) is 0 Å². The fraction of sp³-hybridized carbons (Fsp3) is 0.588. The number of carbonyl (C=O) groups is 1. The van der Waals surface area contributed by atoms with Crippen molar-refractivity contribution in [3.05, 3.63) is 35.6 Å². The molecule has 0 aromatic heterocycles. The zero-order valence-corrected chi connectivity index (χ0v) is 12.8. The van der Waals surface area contributed by atoms with Gasteiger partial charge in [0, 0.05) is 19.1 Å². The van der Waals surface area contributed by atoms with E-state index in [0.29, 0.717) is 38.8 Å². The molecule has 0 radical (unpaired) electrons. The molecule has 1 aliphatic carbocycles. The minimum atomic E-state index is -0.222. The Morgan fingerprint density at radius 1 is 1.27 bits per heavy atom. The number of benzene rings is 1. The predicted molar refractivity (Wildman–Crippen MR) is 81.9 cm³/mol. The highest BCUT2D eigenvalue weighted by atomic mass is 19.1. The van der Waals surface area contributed by atoms with E-state index >= 15 is 0 Å². The van der Waals surface area contributed by atoms with Crippen LogP contribution in [0.25, 0.3) is 0 Å². The van der Waals surface area contributed by atoms with Gasteiger partial charge in [-0.1, -0.05) is 18.6 Å². The zero-order chi connectivity index (χ0) is 15.4. The number of carbonyl (C=O) groups excluding carboxylic acids is 1. The number of morpholine rings is 1. The Bertz CT molecular complexity index is 496. The molecule has 1 atom stereocenters. The van der Waals surface area contributed by atoms with Crippen LogP contribution in [0.4, 0.5) is 4.39 Å². The SMILES string of the molecule is O=C(CN[C@@H](c1ccc(F)cc1)C1CCC1)N1CCOCC1. The maximum atomic E-state index is 13.1. The first-order valence-electron chi connectivity index (χ1n) is 8.08. The fourth-order valence-corrected chi connectivity index (χ4v) is 3.12. The molecule has 0 spiro atoms. The molecule has 4 nitrogen and oxygen atoms in total. The van der Waals surface area contributed by atoms with Crippen LogP contribution < -0.4 is 5.32 Å². The van der Waals surface area contributed by atoms with E-state index in [1.807, 2.05) is 17.0 Å². The highest BCUT2D eigenvalue weighted by Gasteiger charge is 2.29. The molecule has 0 bridgehead atoms. The summed E-state index contributed by atoms with van der Waals surface area (Å²) in [5.41, 5.74) is 1.07. The number of halogens is 1. The number of ether oxygens (including phenoxy) is 1. The average Bonchev–Trinajstić information content (AvgIpc) is 2.51. The van der Waals surface area contributed by atoms with Crippen LogP contribution in [-0.2, 0) is 9.53 Å². The molecule has 1 aliphatic heterocycles. The molecule has 1 amide bonds. The van der Waals surface area contributed by atoms with Crippen LogP contribution >= 0.6 is 0 Å². The number of amides is 1. The van der Waals surface area contributed by atoms with Crippen molar-refractivity contribution in [1.29, 1.82) is 0 Å². The lowest BCUT2D eigenvalue weighted by Crippen LogP contribution is -2.46. The Morgan fingerprint density at radius 3 is 2.55 bits per heavy atom. The summed E-state index contributed by atoms with van der Waals surface area (Å²) in [6.45, 7) is 2.92. The van der Waals surface area contributed by atoms with Crippen molar-refractivity contribution in [2.45, 2.75) is 25.3 Å². The molecule has 3 rings (SSSR count). The highest BCUT2D eigenvalue weighted by Crippen LogP contribution is 2.37. The van der Waals surface area contributed by atoms with Crippen LogP contribution in [-0.4, -0.2) is 43.7 Å². The molecular weight excluding hydrogens is 283 g/mol. The van der Waals surface area contributed by atoms with Crippen molar-refractivity contribution in [3.8, 4) is 0 Å². The van der Waals surface area contributed by atoms with E-state index in [4.69, 9.17) is 4.74 Å². The lowest BCUT2D eigenvalue weighted by molar-refractivity contribution is -0.134. The second-order valence-corrected chi connectivity index (χ2v) is 6.09. The summed E-state index contributed by atoms with van der Waals surface area (Å²) in [5, 5.41) is 3.40. The average molecular weight is 306 g/mol. The van der Waals surface area contributed by atoms with Gasteiger partial charge in [0.15, 0.2) is 0 Å². The van der Waals surface area contributed by atoms with Gasteiger partial charge in [-0.25, -0.2) is 4.39 Å². The van der Waals surface area contributed by atoms with Crippen LogP contribution in [0, 0.1) is 11.7 Å². The van der Waals surface area contributed by atoms with Crippen LogP contribution in [0.5, 0.6) is 0 Å². The Labute approximate surface area is 130 Å². The summed E-state index contributed by atoms with van der Waals surface area (Å²) in [4.78, 5) is 14.1. The van der Waals surface area contributed by atoms with Gasteiger partial charge in [-0.2, -0.15) is 0 Å². The third-order valence-corrected chi connectivity index (χ3v) is 4.69. The van der Waals surface area contributed by atoms with Gasteiger partial charge in [0.05, 0.1) is 19.8 Å². The normalized spacial score (nSPS) is 20.5. The molecule has 2 aliphatic rings. The maximum absolute atomic E-state index is 13.1. The number of hydrogen-bond acceptors (Lipinski definition) is 3. The quantitative estimate of drug-likeness (QED) is 0.906. The molecule has 1 saturated heterocycles. The minimum Gasteiger partial charge on any atom is -0.378 e. The third-order valence-electron chi connectivity index (χ3n) is 4.69. The van der Waals surface area contributed by atoms with Crippen molar-refractivity contribution in [1.82, 2.24) is 10.2 Å². The molecule has 120 valence electrons. The monoisotopic (exact) mass is 306 g/mol. The summed E-state index contributed by atoms with van der Waals surface area (Å²) < 4.78 is 18.4. The van der Waals surface area contributed by atoms with Gasteiger partial charge in [-0.05, 0) is 36.5 Å². The van der Waals surface area contributed by atoms with Crippen molar-refractivity contribution in [2.75, 3.05) is 32.8 Å². The molecule has 2 fully saturated rings. The van der Waals surface area contributed by atoms with Gasteiger partial charge in [0.2, 0.25) is 5.91 Å². The molecule has 22 heavy (non-hydrogen) atoms. The standard InChI is InChI=1S/C17H23FN2O2/c18-15-6-4-14(5-7-15)17(13-2-1-3-13)19-12-16(21)20-8-10-22-11-9-20/h4-7,13,17,19H,1-3,8-12H2/t17-/m1/s1. The highest BCUT2D eigenvalue weighted by molar-refractivity contribution is 5.78. The first-order valence-corrected chi connectivity index (χ1v) is 8.08. The molecular formula is C17H23FN2O2. The van der Waals surface area contributed by atoms with Gasteiger partial charge in [-0.3, -0.25) is 4.79 Å². The Hall–Kier alpha value is -1.46. The Kier molecular flexibility index (Phi) is 5.05. The van der Waals surface area contributed by atoms with E-state index in [2.05, 4.69) is 5.32 Å². The fourth-order valence-electron chi connectivity index (χ4n) is 3.12. The van der Waals surface area contributed by atoms with E-state index in [9.17, 15) is 9.18 Å². The van der Waals surface area contributed by atoms with Crippen LogP contribution in [0.2, 0.25) is 0 Å². The van der Waals surface area contributed by atoms with E-state index in [1.54, 1.807) is 0 Å². The molecule has 1 aromatic carbocycles. The lowest BCUT2D eigenvalue weighted by Gasteiger charge is -2.35. The summed E-state index contributed by atoms with van der Waals surface area (Å²) in [5.74, 6) is 0.443.